The number of carbonyl (C=O) groups is 1. The lowest BCUT2D eigenvalue weighted by Gasteiger charge is -1.98. The highest BCUT2D eigenvalue weighted by molar-refractivity contribution is 9.10. The van der Waals surface area contributed by atoms with E-state index >= 15 is 0 Å². The van der Waals surface area contributed by atoms with Gasteiger partial charge in [-0.2, -0.15) is 0 Å². The van der Waals surface area contributed by atoms with Gasteiger partial charge in [-0.05, 0) is 31.2 Å². The van der Waals surface area contributed by atoms with Gasteiger partial charge in [0.05, 0.1) is 4.88 Å². The highest BCUT2D eigenvalue weighted by atomic mass is 79.9. The number of hydrogen-bond donors (Lipinski definition) is 0. The first-order chi connectivity index (χ1) is 7.16. The van der Waals surface area contributed by atoms with Crippen LogP contribution in [0.1, 0.15) is 20.1 Å². The van der Waals surface area contributed by atoms with E-state index in [0.29, 0.717) is 0 Å². The van der Waals surface area contributed by atoms with E-state index < -0.39 is 0 Å². The molecule has 0 saturated carbocycles. The fourth-order valence-electron chi connectivity index (χ4n) is 1.33. The summed E-state index contributed by atoms with van der Waals surface area (Å²) in [4.78, 5) is 14.0. The van der Waals surface area contributed by atoms with Crippen LogP contribution in [-0.4, -0.2) is 5.78 Å². The number of aryl methyl sites for hydroxylation is 1. The number of ketones is 1. The Balaban J connectivity index is 2.36. The van der Waals surface area contributed by atoms with Crippen molar-refractivity contribution in [2.45, 2.75) is 6.92 Å². The predicted octanol–water partition coefficient (Wildman–Crippen LogP) is 4.05. The van der Waals surface area contributed by atoms with Crippen LogP contribution in [0.2, 0.25) is 0 Å². The Morgan fingerprint density at radius 3 is 2.67 bits per heavy atom. The van der Waals surface area contributed by atoms with Gasteiger partial charge in [0.25, 0.3) is 0 Å². The summed E-state index contributed by atoms with van der Waals surface area (Å²) in [6.45, 7) is 2.00. The zero-order chi connectivity index (χ0) is 10.8. The summed E-state index contributed by atoms with van der Waals surface area (Å²) in [5.41, 5.74) is 0.728. The molecule has 76 valence electrons. The van der Waals surface area contributed by atoms with E-state index in [9.17, 15) is 4.79 Å². The molecular weight excluding hydrogens is 272 g/mol. The van der Waals surface area contributed by atoms with Crippen LogP contribution in [0.3, 0.4) is 0 Å². The average Bonchev–Trinajstić information content (AvgIpc) is 2.64. The fourth-order valence-corrected chi connectivity index (χ4v) is 2.56. The van der Waals surface area contributed by atoms with Crippen molar-refractivity contribution in [3.63, 3.8) is 0 Å². The molecule has 0 spiro atoms. The number of carbonyl (C=O) groups excluding carboxylic acids is 1. The van der Waals surface area contributed by atoms with E-state index in [1.165, 1.54) is 11.3 Å². The van der Waals surface area contributed by atoms with Crippen molar-refractivity contribution in [3.05, 3.63) is 56.2 Å². The van der Waals surface area contributed by atoms with Crippen LogP contribution < -0.4 is 0 Å². The van der Waals surface area contributed by atoms with E-state index in [0.717, 1.165) is 19.8 Å². The van der Waals surface area contributed by atoms with Gasteiger partial charge < -0.3 is 0 Å². The molecule has 15 heavy (non-hydrogen) atoms. The van der Waals surface area contributed by atoms with E-state index in [2.05, 4.69) is 15.9 Å². The minimum absolute atomic E-state index is 0.0920. The van der Waals surface area contributed by atoms with Crippen molar-refractivity contribution in [3.8, 4) is 0 Å². The standard InChI is InChI=1S/C12H9BrOS/c1-8-5-6-11(15-8)12(14)9-3-2-4-10(13)7-9/h2-7H,1H3. The molecule has 0 bridgehead atoms. The van der Waals surface area contributed by atoms with Crippen LogP contribution in [0.5, 0.6) is 0 Å². The molecule has 3 heteroatoms. The molecule has 0 aliphatic carbocycles. The molecule has 0 unspecified atom stereocenters. The van der Waals surface area contributed by atoms with Crippen molar-refractivity contribution in [2.24, 2.45) is 0 Å². The van der Waals surface area contributed by atoms with Crippen LogP contribution in [0.25, 0.3) is 0 Å². The molecular formula is C12H9BrOS. The summed E-state index contributed by atoms with van der Waals surface area (Å²) in [5.74, 6) is 0.0920. The van der Waals surface area contributed by atoms with Gasteiger partial charge in [0, 0.05) is 14.9 Å². The van der Waals surface area contributed by atoms with E-state index in [1.807, 2.05) is 43.3 Å². The molecule has 0 fully saturated rings. The number of halogens is 1. The molecule has 0 amide bonds. The lowest BCUT2D eigenvalue weighted by molar-refractivity contribution is 0.104. The number of hydrogen-bond acceptors (Lipinski definition) is 2. The Labute approximate surface area is 101 Å². The third-order valence-corrected chi connectivity index (χ3v) is 3.54. The van der Waals surface area contributed by atoms with Gasteiger partial charge in [0.2, 0.25) is 5.78 Å². The van der Waals surface area contributed by atoms with Gasteiger partial charge in [-0.1, -0.05) is 28.1 Å². The third-order valence-electron chi connectivity index (χ3n) is 2.05. The van der Waals surface area contributed by atoms with Crippen molar-refractivity contribution in [1.82, 2.24) is 0 Å². The summed E-state index contributed by atoms with van der Waals surface area (Å²) >= 11 is 4.89. The summed E-state index contributed by atoms with van der Waals surface area (Å²) in [7, 11) is 0. The molecule has 1 nitrogen and oxygen atoms in total. The maximum atomic E-state index is 12.0. The largest absolute Gasteiger partial charge is 0.288 e. The number of rotatable bonds is 2. The molecule has 1 aromatic heterocycles. The zero-order valence-electron chi connectivity index (χ0n) is 8.16. The fraction of sp³-hybridized carbons (Fsp3) is 0.0833. The van der Waals surface area contributed by atoms with Gasteiger partial charge in [0.1, 0.15) is 0 Å². The van der Waals surface area contributed by atoms with Gasteiger partial charge in [0.15, 0.2) is 0 Å². The quantitative estimate of drug-likeness (QED) is 0.759. The molecule has 1 aromatic carbocycles. The Morgan fingerprint density at radius 2 is 2.07 bits per heavy atom. The Bertz CT molecular complexity index is 502. The molecule has 0 atom stereocenters. The lowest BCUT2D eigenvalue weighted by atomic mass is 10.1. The first kappa shape index (κ1) is 10.6. The van der Waals surface area contributed by atoms with E-state index in [1.54, 1.807) is 0 Å². The van der Waals surface area contributed by atoms with E-state index in [4.69, 9.17) is 0 Å². The van der Waals surface area contributed by atoms with Gasteiger partial charge in [-0.3, -0.25) is 4.79 Å². The molecule has 0 radical (unpaired) electrons. The van der Waals surface area contributed by atoms with Crippen LogP contribution in [0.15, 0.2) is 40.9 Å². The summed E-state index contributed by atoms with van der Waals surface area (Å²) in [6.07, 6.45) is 0. The number of thiophene rings is 1. The number of benzene rings is 1. The monoisotopic (exact) mass is 280 g/mol. The Morgan fingerprint density at radius 1 is 1.27 bits per heavy atom. The topological polar surface area (TPSA) is 17.1 Å². The van der Waals surface area contributed by atoms with Crippen LogP contribution in [0, 0.1) is 6.92 Å². The summed E-state index contributed by atoms with van der Waals surface area (Å²) < 4.78 is 0.932. The second-order valence-electron chi connectivity index (χ2n) is 3.25. The van der Waals surface area contributed by atoms with Gasteiger partial charge >= 0.3 is 0 Å². The highest BCUT2D eigenvalue weighted by Gasteiger charge is 2.10. The normalized spacial score (nSPS) is 10.3. The smallest absolute Gasteiger partial charge is 0.202 e. The second-order valence-corrected chi connectivity index (χ2v) is 5.45. The molecule has 2 rings (SSSR count). The van der Waals surface area contributed by atoms with Crippen molar-refractivity contribution in [1.29, 1.82) is 0 Å². The van der Waals surface area contributed by atoms with Crippen molar-refractivity contribution < 1.29 is 4.79 Å². The Hall–Kier alpha value is -0.930. The van der Waals surface area contributed by atoms with Gasteiger partial charge in [-0.25, -0.2) is 0 Å². The minimum atomic E-state index is 0.0920. The molecule has 1 heterocycles. The SMILES string of the molecule is Cc1ccc(C(=O)c2cccc(Br)c2)s1. The molecule has 0 aliphatic heterocycles. The highest BCUT2D eigenvalue weighted by Crippen LogP contribution is 2.20. The maximum absolute atomic E-state index is 12.0. The second kappa shape index (κ2) is 4.29. The molecule has 0 saturated heterocycles. The lowest BCUT2D eigenvalue weighted by Crippen LogP contribution is -1.97. The summed E-state index contributed by atoms with van der Waals surface area (Å²) in [6, 6.07) is 11.3. The minimum Gasteiger partial charge on any atom is -0.288 e. The third kappa shape index (κ3) is 2.36. The van der Waals surface area contributed by atoms with Crippen LogP contribution in [-0.2, 0) is 0 Å². The van der Waals surface area contributed by atoms with Crippen molar-refractivity contribution >= 4 is 33.0 Å². The first-order valence-corrected chi connectivity index (χ1v) is 6.14. The summed E-state index contributed by atoms with van der Waals surface area (Å²) in [5, 5.41) is 0. The molecule has 0 aliphatic rings. The van der Waals surface area contributed by atoms with E-state index in [-0.39, 0.29) is 5.78 Å². The predicted molar refractivity (Wildman–Crippen MR) is 66.6 cm³/mol. The zero-order valence-corrected chi connectivity index (χ0v) is 10.6. The van der Waals surface area contributed by atoms with Crippen LogP contribution >= 0.6 is 27.3 Å². The molecule has 0 N–H and O–H groups in total. The first-order valence-electron chi connectivity index (χ1n) is 4.53. The Kier molecular flexibility index (Phi) is 3.03. The van der Waals surface area contributed by atoms with Crippen molar-refractivity contribution in [2.75, 3.05) is 0 Å². The maximum Gasteiger partial charge on any atom is 0.202 e. The van der Waals surface area contributed by atoms with Crippen LogP contribution in [0.4, 0.5) is 0 Å². The average molecular weight is 281 g/mol. The van der Waals surface area contributed by atoms with Gasteiger partial charge in [-0.15, -0.1) is 11.3 Å². The molecule has 2 aromatic rings.